The summed E-state index contributed by atoms with van der Waals surface area (Å²) in [5.74, 6) is 0.204. The quantitative estimate of drug-likeness (QED) is 0.847. The Hall–Kier alpha value is -0.210. The molecule has 1 saturated carbocycles. The number of piperidine rings is 1. The van der Waals surface area contributed by atoms with Crippen LogP contribution in [0.15, 0.2) is 27.6 Å². The van der Waals surface area contributed by atoms with Gasteiger partial charge in [0, 0.05) is 6.04 Å². The van der Waals surface area contributed by atoms with Gasteiger partial charge in [0.25, 0.3) is 0 Å². The molecule has 2 N–H and O–H groups in total. The van der Waals surface area contributed by atoms with E-state index in [1.807, 2.05) is 0 Å². The number of sulfonamides is 1. The highest BCUT2D eigenvalue weighted by molar-refractivity contribution is 9.10. The topological polar surface area (TPSA) is 58.2 Å². The molecule has 3 rings (SSSR count). The highest BCUT2D eigenvalue weighted by Gasteiger charge is 2.54. The van der Waals surface area contributed by atoms with Gasteiger partial charge in [0.15, 0.2) is 0 Å². The van der Waals surface area contributed by atoms with E-state index in [1.54, 1.807) is 0 Å². The van der Waals surface area contributed by atoms with E-state index in [0.717, 1.165) is 19.2 Å². The van der Waals surface area contributed by atoms with Gasteiger partial charge < -0.3 is 5.32 Å². The fourth-order valence-corrected chi connectivity index (χ4v) is 4.08. The molecule has 0 spiro atoms. The van der Waals surface area contributed by atoms with Crippen LogP contribution < -0.4 is 10.0 Å². The van der Waals surface area contributed by atoms with Crippen LogP contribution in [0.1, 0.15) is 0 Å². The van der Waals surface area contributed by atoms with Crippen LogP contribution in [-0.4, -0.2) is 27.5 Å². The molecule has 0 radical (unpaired) electrons. The number of nitrogens with one attached hydrogen (secondary N) is 2. The van der Waals surface area contributed by atoms with Crippen molar-refractivity contribution in [3.05, 3.63) is 28.5 Å². The van der Waals surface area contributed by atoms with E-state index < -0.39 is 15.8 Å². The minimum absolute atomic E-state index is 0. The molecule has 19 heavy (non-hydrogen) atoms. The fraction of sp³-hybridized carbons (Fsp3) is 0.455. The van der Waals surface area contributed by atoms with Crippen LogP contribution in [0.2, 0.25) is 0 Å². The molecule has 1 saturated heterocycles. The minimum Gasteiger partial charge on any atom is -0.316 e. The predicted octanol–water partition coefficient (Wildman–Crippen LogP) is 1.51. The Morgan fingerprint density at radius 2 is 1.95 bits per heavy atom. The molecule has 4 nitrogen and oxygen atoms in total. The summed E-state index contributed by atoms with van der Waals surface area (Å²) < 4.78 is 40.4. The summed E-state index contributed by atoms with van der Waals surface area (Å²) in [5.41, 5.74) is 0. The maximum Gasteiger partial charge on any atom is 0.240 e. The minimum atomic E-state index is -3.62. The zero-order valence-electron chi connectivity index (χ0n) is 9.77. The number of hydrogen-bond donors (Lipinski definition) is 2. The second kappa shape index (κ2) is 5.29. The molecular weight excluding hydrogens is 359 g/mol. The number of benzene rings is 1. The number of halogens is 3. The molecule has 1 aliphatic carbocycles. The van der Waals surface area contributed by atoms with Crippen molar-refractivity contribution >= 4 is 38.4 Å². The zero-order valence-corrected chi connectivity index (χ0v) is 13.0. The van der Waals surface area contributed by atoms with Gasteiger partial charge >= 0.3 is 0 Å². The van der Waals surface area contributed by atoms with Crippen molar-refractivity contribution in [2.75, 3.05) is 13.1 Å². The summed E-state index contributed by atoms with van der Waals surface area (Å²) in [6.07, 6.45) is 0. The zero-order chi connectivity index (χ0) is 12.9. The van der Waals surface area contributed by atoms with Crippen molar-refractivity contribution in [2.45, 2.75) is 10.9 Å². The standard InChI is InChI=1S/C11H12BrFN2O2S.ClH/c12-9-2-1-6(3-10(9)13)18(16,17)15-11-7-4-14-5-8(7)11;/h1-3,7-8,11,14-15H,4-5H2;1H. The average Bonchev–Trinajstić information content (AvgIpc) is 2.77. The lowest BCUT2D eigenvalue weighted by Gasteiger charge is -2.09. The van der Waals surface area contributed by atoms with E-state index in [2.05, 4.69) is 26.0 Å². The fourth-order valence-electron chi connectivity index (χ4n) is 2.48. The van der Waals surface area contributed by atoms with Crippen molar-refractivity contribution < 1.29 is 12.8 Å². The first-order chi connectivity index (χ1) is 8.49. The van der Waals surface area contributed by atoms with Crippen molar-refractivity contribution in [2.24, 2.45) is 11.8 Å². The van der Waals surface area contributed by atoms with Crippen molar-refractivity contribution in [1.82, 2.24) is 10.0 Å². The molecule has 106 valence electrons. The average molecular weight is 372 g/mol. The Bertz CT molecular complexity index is 588. The lowest BCUT2D eigenvalue weighted by Crippen LogP contribution is -2.32. The van der Waals surface area contributed by atoms with Gasteiger partial charge in [-0.15, -0.1) is 12.4 Å². The SMILES string of the molecule is Cl.O=S(=O)(NC1C2CNCC21)c1ccc(Br)c(F)c1. The van der Waals surface area contributed by atoms with Gasteiger partial charge in [0.1, 0.15) is 5.82 Å². The highest BCUT2D eigenvalue weighted by Crippen LogP contribution is 2.42. The molecule has 8 heteroatoms. The smallest absolute Gasteiger partial charge is 0.240 e. The maximum atomic E-state index is 13.3. The Morgan fingerprint density at radius 1 is 1.32 bits per heavy atom. The van der Waals surface area contributed by atoms with E-state index in [4.69, 9.17) is 0 Å². The van der Waals surface area contributed by atoms with E-state index in [9.17, 15) is 12.8 Å². The lowest BCUT2D eigenvalue weighted by molar-refractivity contribution is 0.562. The van der Waals surface area contributed by atoms with Crippen LogP contribution in [0.5, 0.6) is 0 Å². The molecule has 0 bridgehead atoms. The predicted molar refractivity (Wildman–Crippen MR) is 75.3 cm³/mol. The molecule has 1 heterocycles. The normalized spacial score (nSPS) is 28.6. The van der Waals surface area contributed by atoms with Crippen molar-refractivity contribution in [1.29, 1.82) is 0 Å². The monoisotopic (exact) mass is 370 g/mol. The van der Waals surface area contributed by atoms with E-state index in [1.165, 1.54) is 12.1 Å². The summed E-state index contributed by atoms with van der Waals surface area (Å²) in [5, 5.41) is 3.19. The van der Waals surface area contributed by atoms with Crippen LogP contribution in [0, 0.1) is 17.7 Å². The molecule has 0 amide bonds. The van der Waals surface area contributed by atoms with Crippen LogP contribution in [0.4, 0.5) is 4.39 Å². The van der Waals surface area contributed by atoms with Gasteiger partial charge in [-0.05, 0) is 59.1 Å². The largest absolute Gasteiger partial charge is 0.316 e. The Morgan fingerprint density at radius 3 is 2.53 bits per heavy atom. The Balaban J connectivity index is 0.00000133. The number of fused-ring (bicyclic) bond motifs is 1. The van der Waals surface area contributed by atoms with Gasteiger partial charge in [-0.3, -0.25) is 0 Å². The first-order valence-electron chi connectivity index (χ1n) is 5.67. The maximum absolute atomic E-state index is 13.3. The van der Waals surface area contributed by atoms with Gasteiger partial charge in [0.2, 0.25) is 10.0 Å². The first-order valence-corrected chi connectivity index (χ1v) is 7.95. The molecule has 2 unspecified atom stereocenters. The second-order valence-corrected chi connectivity index (χ2v) is 7.28. The molecule has 1 aromatic rings. The van der Waals surface area contributed by atoms with E-state index in [-0.39, 0.29) is 27.8 Å². The van der Waals surface area contributed by atoms with Crippen molar-refractivity contribution in [3.8, 4) is 0 Å². The van der Waals surface area contributed by atoms with Gasteiger partial charge in [-0.1, -0.05) is 0 Å². The van der Waals surface area contributed by atoms with Crippen LogP contribution >= 0.6 is 28.3 Å². The third-order valence-electron chi connectivity index (χ3n) is 3.58. The molecule has 1 aliphatic heterocycles. The van der Waals surface area contributed by atoms with Crippen LogP contribution in [0.3, 0.4) is 0 Å². The molecule has 2 atom stereocenters. The molecule has 0 aromatic heterocycles. The third kappa shape index (κ3) is 2.80. The number of hydrogen-bond acceptors (Lipinski definition) is 3. The number of rotatable bonds is 3. The van der Waals surface area contributed by atoms with Crippen LogP contribution in [0.25, 0.3) is 0 Å². The highest BCUT2D eigenvalue weighted by atomic mass is 79.9. The Labute approximate surface area is 125 Å². The third-order valence-corrected chi connectivity index (χ3v) is 5.68. The lowest BCUT2D eigenvalue weighted by atomic mass is 10.3. The van der Waals surface area contributed by atoms with E-state index in [0.29, 0.717) is 11.8 Å². The Kier molecular flexibility index (Phi) is 4.23. The summed E-state index contributed by atoms with van der Waals surface area (Å²) in [7, 11) is -3.62. The summed E-state index contributed by atoms with van der Waals surface area (Å²) in [6, 6.07) is 3.83. The molecule has 2 aliphatic rings. The summed E-state index contributed by atoms with van der Waals surface area (Å²) in [4.78, 5) is -0.0267. The van der Waals surface area contributed by atoms with Gasteiger partial charge in [-0.25, -0.2) is 17.5 Å². The summed E-state index contributed by atoms with van der Waals surface area (Å²) >= 11 is 3.00. The molecular formula is C11H13BrClFN2O2S. The summed E-state index contributed by atoms with van der Waals surface area (Å²) in [6.45, 7) is 1.71. The first kappa shape index (κ1) is 15.2. The van der Waals surface area contributed by atoms with Gasteiger partial charge in [-0.2, -0.15) is 0 Å². The molecule has 1 aromatic carbocycles. The second-order valence-electron chi connectivity index (χ2n) is 4.71. The van der Waals surface area contributed by atoms with Crippen LogP contribution in [-0.2, 0) is 10.0 Å². The van der Waals surface area contributed by atoms with Crippen molar-refractivity contribution in [3.63, 3.8) is 0 Å². The van der Waals surface area contributed by atoms with Gasteiger partial charge in [0.05, 0.1) is 9.37 Å². The van der Waals surface area contributed by atoms with E-state index >= 15 is 0 Å². The molecule has 2 fully saturated rings.